The van der Waals surface area contributed by atoms with E-state index in [0.717, 1.165) is 12.0 Å². The largest absolute Gasteiger partial charge is 0.394 e. The Morgan fingerprint density at radius 3 is 2.47 bits per heavy atom. The Kier molecular flexibility index (Phi) is 6.53. The van der Waals surface area contributed by atoms with E-state index < -0.39 is 0 Å². The molecular formula is C15H23NO3. The van der Waals surface area contributed by atoms with E-state index in [9.17, 15) is 9.90 Å². The van der Waals surface area contributed by atoms with E-state index >= 15 is 0 Å². The van der Waals surface area contributed by atoms with Crippen molar-refractivity contribution < 1.29 is 14.6 Å². The summed E-state index contributed by atoms with van der Waals surface area (Å²) in [6.45, 7) is 3.81. The van der Waals surface area contributed by atoms with Crippen LogP contribution in [-0.2, 0) is 16.0 Å². The predicted molar refractivity (Wildman–Crippen MR) is 74.9 cm³/mol. The van der Waals surface area contributed by atoms with Crippen LogP contribution in [0.15, 0.2) is 24.3 Å². The third-order valence-electron chi connectivity index (χ3n) is 3.18. The van der Waals surface area contributed by atoms with Gasteiger partial charge in [-0.2, -0.15) is 0 Å². The predicted octanol–water partition coefficient (Wildman–Crippen LogP) is 1.82. The van der Waals surface area contributed by atoms with Gasteiger partial charge in [-0.15, -0.1) is 0 Å². The number of amides is 1. The van der Waals surface area contributed by atoms with Gasteiger partial charge >= 0.3 is 0 Å². The minimum atomic E-state index is -0.359. The summed E-state index contributed by atoms with van der Waals surface area (Å²) in [7, 11) is 1.57. The number of carbonyl (C=O) groups is 1. The first-order valence-corrected chi connectivity index (χ1v) is 6.62. The van der Waals surface area contributed by atoms with Gasteiger partial charge in [0.2, 0.25) is 5.91 Å². The Labute approximate surface area is 114 Å². The van der Waals surface area contributed by atoms with Crippen LogP contribution in [0.3, 0.4) is 0 Å². The lowest BCUT2D eigenvalue weighted by molar-refractivity contribution is -0.124. The molecule has 0 radical (unpaired) electrons. The number of carbonyl (C=O) groups excluding carboxylic acids is 1. The molecule has 1 aromatic carbocycles. The summed E-state index contributed by atoms with van der Waals surface area (Å²) >= 11 is 0. The van der Waals surface area contributed by atoms with Crippen molar-refractivity contribution in [1.82, 2.24) is 5.32 Å². The van der Waals surface area contributed by atoms with Crippen molar-refractivity contribution in [2.75, 3.05) is 13.7 Å². The van der Waals surface area contributed by atoms with Crippen molar-refractivity contribution in [3.05, 3.63) is 35.4 Å². The molecule has 4 nitrogen and oxygen atoms in total. The molecule has 0 bridgehead atoms. The van der Waals surface area contributed by atoms with E-state index in [1.54, 1.807) is 7.11 Å². The zero-order valence-corrected chi connectivity index (χ0v) is 11.8. The molecule has 2 atom stereocenters. The molecule has 1 rings (SSSR count). The molecular weight excluding hydrogens is 242 g/mol. The Hall–Kier alpha value is -1.39. The third kappa shape index (κ3) is 5.01. The maximum atomic E-state index is 11.8. The number of hydrogen-bond acceptors (Lipinski definition) is 3. The van der Waals surface area contributed by atoms with E-state index in [1.165, 1.54) is 5.56 Å². The maximum Gasteiger partial charge on any atom is 0.223 e. The highest BCUT2D eigenvalue weighted by Crippen LogP contribution is 2.14. The SMILES string of the molecule is CCc1ccc(C(CO)NC(=O)CC(C)OC)cc1. The van der Waals surface area contributed by atoms with Gasteiger partial charge in [-0.3, -0.25) is 4.79 Å². The summed E-state index contributed by atoms with van der Waals surface area (Å²) in [6, 6.07) is 7.56. The van der Waals surface area contributed by atoms with Gasteiger partial charge in [0.25, 0.3) is 0 Å². The summed E-state index contributed by atoms with van der Waals surface area (Å²) in [5.74, 6) is -0.118. The number of aryl methyl sites for hydroxylation is 1. The molecule has 2 N–H and O–H groups in total. The van der Waals surface area contributed by atoms with Gasteiger partial charge in [0.1, 0.15) is 0 Å². The summed E-state index contributed by atoms with van der Waals surface area (Å²) in [6.07, 6.45) is 1.14. The average molecular weight is 265 g/mol. The zero-order valence-electron chi connectivity index (χ0n) is 11.8. The summed E-state index contributed by atoms with van der Waals surface area (Å²) < 4.78 is 5.05. The number of hydrogen-bond donors (Lipinski definition) is 2. The van der Waals surface area contributed by atoms with Crippen molar-refractivity contribution in [1.29, 1.82) is 0 Å². The fourth-order valence-corrected chi connectivity index (χ4v) is 1.82. The summed E-state index contributed by atoms with van der Waals surface area (Å²) in [4.78, 5) is 11.8. The van der Waals surface area contributed by atoms with Crippen LogP contribution in [0.25, 0.3) is 0 Å². The van der Waals surface area contributed by atoms with E-state index in [0.29, 0.717) is 6.42 Å². The smallest absolute Gasteiger partial charge is 0.223 e. The van der Waals surface area contributed by atoms with Crippen LogP contribution in [0.1, 0.15) is 37.4 Å². The first-order chi connectivity index (χ1) is 9.10. The minimum absolute atomic E-state index is 0.113. The molecule has 0 aliphatic rings. The van der Waals surface area contributed by atoms with E-state index in [2.05, 4.69) is 12.2 Å². The van der Waals surface area contributed by atoms with Crippen molar-refractivity contribution in [2.45, 2.75) is 38.8 Å². The van der Waals surface area contributed by atoms with Crippen molar-refractivity contribution in [3.63, 3.8) is 0 Å². The van der Waals surface area contributed by atoms with Crippen LogP contribution in [0, 0.1) is 0 Å². The highest BCUT2D eigenvalue weighted by atomic mass is 16.5. The van der Waals surface area contributed by atoms with Crippen molar-refractivity contribution >= 4 is 5.91 Å². The Morgan fingerprint density at radius 2 is 2.00 bits per heavy atom. The molecule has 0 aromatic heterocycles. The first kappa shape index (κ1) is 15.7. The molecule has 2 unspecified atom stereocenters. The Balaban J connectivity index is 2.64. The Bertz CT molecular complexity index is 389. The van der Waals surface area contributed by atoms with Crippen molar-refractivity contribution in [3.8, 4) is 0 Å². The molecule has 0 aliphatic heterocycles. The fourth-order valence-electron chi connectivity index (χ4n) is 1.82. The average Bonchev–Trinajstić information content (AvgIpc) is 2.44. The second-order valence-electron chi connectivity index (χ2n) is 4.65. The molecule has 1 amide bonds. The molecule has 0 heterocycles. The van der Waals surface area contributed by atoms with E-state index in [4.69, 9.17) is 4.74 Å². The molecule has 0 saturated heterocycles. The number of methoxy groups -OCH3 is 1. The fraction of sp³-hybridized carbons (Fsp3) is 0.533. The van der Waals surface area contributed by atoms with Crippen LogP contribution in [0.2, 0.25) is 0 Å². The lowest BCUT2D eigenvalue weighted by Crippen LogP contribution is -2.32. The Morgan fingerprint density at radius 1 is 1.37 bits per heavy atom. The highest BCUT2D eigenvalue weighted by molar-refractivity contribution is 5.76. The lowest BCUT2D eigenvalue weighted by atomic mass is 10.0. The number of benzene rings is 1. The normalized spacial score (nSPS) is 13.9. The summed E-state index contributed by atoms with van der Waals surface area (Å²) in [5, 5.41) is 12.2. The standard InChI is InChI=1S/C15H23NO3/c1-4-12-5-7-13(8-6-12)14(10-17)16-15(18)9-11(2)19-3/h5-8,11,14,17H,4,9-10H2,1-3H3,(H,16,18). The maximum absolute atomic E-state index is 11.8. The van der Waals surface area contributed by atoms with Gasteiger partial charge in [0.15, 0.2) is 0 Å². The minimum Gasteiger partial charge on any atom is -0.394 e. The van der Waals surface area contributed by atoms with Crippen LogP contribution in [-0.4, -0.2) is 30.8 Å². The van der Waals surface area contributed by atoms with Gasteiger partial charge < -0.3 is 15.2 Å². The molecule has 19 heavy (non-hydrogen) atoms. The molecule has 4 heteroatoms. The molecule has 1 aromatic rings. The molecule has 0 aliphatic carbocycles. The topological polar surface area (TPSA) is 58.6 Å². The number of ether oxygens (including phenoxy) is 1. The highest BCUT2D eigenvalue weighted by Gasteiger charge is 2.15. The van der Waals surface area contributed by atoms with Crippen LogP contribution >= 0.6 is 0 Å². The van der Waals surface area contributed by atoms with Gasteiger partial charge in [0, 0.05) is 7.11 Å². The molecule has 0 fully saturated rings. The van der Waals surface area contributed by atoms with Gasteiger partial charge in [-0.05, 0) is 24.5 Å². The lowest BCUT2D eigenvalue weighted by Gasteiger charge is -2.18. The monoisotopic (exact) mass is 265 g/mol. The van der Waals surface area contributed by atoms with E-state index in [-0.39, 0.29) is 24.7 Å². The quantitative estimate of drug-likeness (QED) is 0.790. The number of rotatable bonds is 7. The first-order valence-electron chi connectivity index (χ1n) is 6.62. The molecule has 0 saturated carbocycles. The second-order valence-corrected chi connectivity index (χ2v) is 4.65. The molecule has 0 spiro atoms. The van der Waals surface area contributed by atoms with Crippen molar-refractivity contribution in [2.24, 2.45) is 0 Å². The van der Waals surface area contributed by atoms with Gasteiger partial charge in [-0.1, -0.05) is 31.2 Å². The van der Waals surface area contributed by atoms with Crippen LogP contribution in [0.5, 0.6) is 0 Å². The van der Waals surface area contributed by atoms with Gasteiger partial charge in [0.05, 0.1) is 25.2 Å². The molecule has 106 valence electrons. The number of aliphatic hydroxyl groups excluding tert-OH is 1. The van der Waals surface area contributed by atoms with E-state index in [1.807, 2.05) is 31.2 Å². The van der Waals surface area contributed by atoms with Crippen LogP contribution in [0.4, 0.5) is 0 Å². The zero-order chi connectivity index (χ0) is 14.3. The third-order valence-corrected chi connectivity index (χ3v) is 3.18. The van der Waals surface area contributed by atoms with Crippen LogP contribution < -0.4 is 5.32 Å². The van der Waals surface area contributed by atoms with Gasteiger partial charge in [-0.25, -0.2) is 0 Å². The number of aliphatic hydroxyl groups is 1. The summed E-state index contributed by atoms with van der Waals surface area (Å²) in [5.41, 5.74) is 2.15. The number of nitrogens with one attached hydrogen (secondary N) is 1. The second kappa shape index (κ2) is 7.92.